The smallest absolute Gasteiger partial charge is 0.126 e. The standard InChI is InChI=1S/C11H9FN2/c1-8(4-5-13)10-6-9(7-14)2-3-11(10)12/h2-3,6,8H,4H2,1H3. The summed E-state index contributed by atoms with van der Waals surface area (Å²) in [5.74, 6) is -0.528. The Kier molecular flexibility index (Phi) is 3.20. The molecule has 0 aliphatic carbocycles. The molecule has 0 heterocycles. The van der Waals surface area contributed by atoms with Crippen molar-refractivity contribution in [3.63, 3.8) is 0 Å². The fourth-order valence-electron chi connectivity index (χ4n) is 1.24. The zero-order valence-electron chi connectivity index (χ0n) is 7.79. The Morgan fingerprint density at radius 3 is 2.71 bits per heavy atom. The number of halogens is 1. The molecule has 70 valence electrons. The molecule has 1 atom stereocenters. The number of hydrogen-bond donors (Lipinski definition) is 0. The average Bonchev–Trinajstić information content (AvgIpc) is 2.19. The maximum atomic E-state index is 13.3. The molecule has 0 saturated heterocycles. The first-order chi connectivity index (χ1) is 6.69. The Labute approximate surface area is 82.2 Å². The first kappa shape index (κ1) is 10.2. The summed E-state index contributed by atoms with van der Waals surface area (Å²) in [5, 5.41) is 17.1. The highest BCUT2D eigenvalue weighted by atomic mass is 19.1. The summed E-state index contributed by atoms with van der Waals surface area (Å²) >= 11 is 0. The molecule has 2 nitrogen and oxygen atoms in total. The molecule has 1 aromatic rings. The van der Waals surface area contributed by atoms with Crippen LogP contribution in [-0.4, -0.2) is 0 Å². The van der Waals surface area contributed by atoms with E-state index in [-0.39, 0.29) is 18.2 Å². The molecule has 0 aromatic heterocycles. The van der Waals surface area contributed by atoms with Gasteiger partial charge in [0.05, 0.1) is 17.7 Å². The Hall–Kier alpha value is -1.87. The second-order valence-corrected chi connectivity index (χ2v) is 3.11. The fourth-order valence-corrected chi connectivity index (χ4v) is 1.24. The predicted molar refractivity (Wildman–Crippen MR) is 49.8 cm³/mol. The molecule has 0 bridgehead atoms. The second kappa shape index (κ2) is 4.39. The number of benzene rings is 1. The van der Waals surface area contributed by atoms with Crippen LogP contribution in [0.15, 0.2) is 18.2 Å². The lowest BCUT2D eigenvalue weighted by molar-refractivity contribution is 0.591. The Bertz CT molecular complexity index is 412. The maximum Gasteiger partial charge on any atom is 0.126 e. The number of nitriles is 2. The molecule has 0 saturated carbocycles. The van der Waals surface area contributed by atoms with E-state index in [9.17, 15) is 4.39 Å². The first-order valence-corrected chi connectivity index (χ1v) is 4.25. The van der Waals surface area contributed by atoms with E-state index in [0.717, 1.165) is 0 Å². The van der Waals surface area contributed by atoms with Crippen LogP contribution in [0.1, 0.15) is 30.4 Å². The largest absolute Gasteiger partial charge is 0.207 e. The highest BCUT2D eigenvalue weighted by Gasteiger charge is 2.11. The van der Waals surface area contributed by atoms with Gasteiger partial charge in [0.15, 0.2) is 0 Å². The number of hydrogen-bond acceptors (Lipinski definition) is 2. The van der Waals surface area contributed by atoms with Crippen LogP contribution in [-0.2, 0) is 0 Å². The van der Waals surface area contributed by atoms with E-state index in [1.807, 2.05) is 12.1 Å². The monoisotopic (exact) mass is 188 g/mol. The van der Waals surface area contributed by atoms with Crippen LogP contribution in [0.2, 0.25) is 0 Å². The molecule has 0 aliphatic heterocycles. The predicted octanol–water partition coefficient (Wildman–Crippen LogP) is 2.71. The lowest BCUT2D eigenvalue weighted by atomic mass is 9.96. The van der Waals surface area contributed by atoms with Gasteiger partial charge in [0.2, 0.25) is 0 Å². The minimum atomic E-state index is -0.355. The van der Waals surface area contributed by atoms with Crippen LogP contribution in [0.25, 0.3) is 0 Å². The van der Waals surface area contributed by atoms with Gasteiger partial charge in [-0.3, -0.25) is 0 Å². The highest BCUT2D eigenvalue weighted by Crippen LogP contribution is 2.22. The van der Waals surface area contributed by atoms with E-state index >= 15 is 0 Å². The summed E-state index contributed by atoms with van der Waals surface area (Å²) in [7, 11) is 0. The van der Waals surface area contributed by atoms with Gasteiger partial charge in [0.1, 0.15) is 5.82 Å². The lowest BCUT2D eigenvalue weighted by Crippen LogP contribution is -1.97. The second-order valence-electron chi connectivity index (χ2n) is 3.11. The zero-order valence-corrected chi connectivity index (χ0v) is 7.79. The topological polar surface area (TPSA) is 47.6 Å². The normalized spacial score (nSPS) is 11.4. The third kappa shape index (κ3) is 2.08. The van der Waals surface area contributed by atoms with E-state index < -0.39 is 0 Å². The zero-order chi connectivity index (χ0) is 10.6. The van der Waals surface area contributed by atoms with Gasteiger partial charge in [0.25, 0.3) is 0 Å². The van der Waals surface area contributed by atoms with Crippen LogP contribution in [0.5, 0.6) is 0 Å². The van der Waals surface area contributed by atoms with Crippen LogP contribution in [0, 0.1) is 28.5 Å². The van der Waals surface area contributed by atoms with Crippen LogP contribution >= 0.6 is 0 Å². The van der Waals surface area contributed by atoms with E-state index in [4.69, 9.17) is 10.5 Å². The van der Waals surface area contributed by atoms with Gasteiger partial charge in [-0.1, -0.05) is 6.92 Å². The van der Waals surface area contributed by atoms with Crippen molar-refractivity contribution in [2.24, 2.45) is 0 Å². The minimum absolute atomic E-state index is 0.173. The number of nitrogens with zero attached hydrogens (tertiary/aromatic N) is 2. The molecule has 0 amide bonds. The molecule has 3 heteroatoms. The molecule has 0 fully saturated rings. The van der Waals surface area contributed by atoms with E-state index in [2.05, 4.69) is 0 Å². The van der Waals surface area contributed by atoms with Gasteiger partial charge in [-0.2, -0.15) is 10.5 Å². The number of rotatable bonds is 2. The SMILES string of the molecule is CC(CC#N)c1cc(C#N)ccc1F. The van der Waals surface area contributed by atoms with Gasteiger partial charge in [-0.25, -0.2) is 4.39 Å². The molecule has 0 aliphatic rings. The summed E-state index contributed by atoms with van der Waals surface area (Å²) in [6, 6.07) is 8.11. The van der Waals surface area contributed by atoms with Gasteiger partial charge < -0.3 is 0 Å². The molecule has 1 unspecified atom stereocenters. The molecule has 1 rings (SSSR count). The highest BCUT2D eigenvalue weighted by molar-refractivity contribution is 5.35. The molecule has 14 heavy (non-hydrogen) atoms. The third-order valence-corrected chi connectivity index (χ3v) is 2.05. The van der Waals surface area contributed by atoms with Crippen LogP contribution in [0.4, 0.5) is 4.39 Å². The van der Waals surface area contributed by atoms with Crippen molar-refractivity contribution in [1.29, 1.82) is 10.5 Å². The Morgan fingerprint density at radius 1 is 1.43 bits per heavy atom. The summed E-state index contributed by atoms with van der Waals surface area (Å²) in [4.78, 5) is 0. The molecule has 1 aromatic carbocycles. The Balaban J connectivity index is 3.08. The van der Waals surface area contributed by atoms with E-state index in [0.29, 0.717) is 11.1 Å². The molecular weight excluding hydrogens is 179 g/mol. The quantitative estimate of drug-likeness (QED) is 0.716. The van der Waals surface area contributed by atoms with Crippen molar-refractivity contribution in [2.75, 3.05) is 0 Å². The Morgan fingerprint density at radius 2 is 2.14 bits per heavy atom. The van der Waals surface area contributed by atoms with Crippen LogP contribution in [0.3, 0.4) is 0 Å². The first-order valence-electron chi connectivity index (χ1n) is 4.25. The van der Waals surface area contributed by atoms with Crippen molar-refractivity contribution in [1.82, 2.24) is 0 Å². The summed E-state index contributed by atoms with van der Waals surface area (Å²) < 4.78 is 13.3. The maximum absolute atomic E-state index is 13.3. The van der Waals surface area contributed by atoms with Crippen molar-refractivity contribution in [3.05, 3.63) is 35.1 Å². The molecule has 0 radical (unpaired) electrons. The van der Waals surface area contributed by atoms with E-state index in [1.54, 1.807) is 6.92 Å². The summed E-state index contributed by atoms with van der Waals surface area (Å²) in [5.41, 5.74) is 0.858. The van der Waals surface area contributed by atoms with Crippen LogP contribution < -0.4 is 0 Å². The van der Waals surface area contributed by atoms with Crippen molar-refractivity contribution in [3.8, 4) is 12.1 Å². The minimum Gasteiger partial charge on any atom is -0.207 e. The molecule has 0 spiro atoms. The average molecular weight is 188 g/mol. The lowest BCUT2D eigenvalue weighted by Gasteiger charge is -2.08. The van der Waals surface area contributed by atoms with Gasteiger partial charge in [-0.15, -0.1) is 0 Å². The van der Waals surface area contributed by atoms with E-state index in [1.165, 1.54) is 18.2 Å². The van der Waals surface area contributed by atoms with Crippen molar-refractivity contribution in [2.45, 2.75) is 19.3 Å². The third-order valence-electron chi connectivity index (χ3n) is 2.05. The summed E-state index contributed by atoms with van der Waals surface area (Å²) in [6.07, 6.45) is 0.256. The molecule has 0 N–H and O–H groups in total. The summed E-state index contributed by atoms with van der Waals surface area (Å²) in [6.45, 7) is 1.77. The fraction of sp³-hybridized carbons (Fsp3) is 0.273. The van der Waals surface area contributed by atoms with Gasteiger partial charge in [0, 0.05) is 6.42 Å². The van der Waals surface area contributed by atoms with Crippen molar-refractivity contribution >= 4 is 0 Å². The van der Waals surface area contributed by atoms with Crippen molar-refractivity contribution < 1.29 is 4.39 Å². The van der Waals surface area contributed by atoms with Gasteiger partial charge in [-0.05, 0) is 29.7 Å². The molecular formula is C11H9FN2. The van der Waals surface area contributed by atoms with Gasteiger partial charge >= 0.3 is 0 Å².